The van der Waals surface area contributed by atoms with Crippen LogP contribution >= 0.6 is 11.3 Å². The maximum atomic E-state index is 12.3. The van der Waals surface area contributed by atoms with Gasteiger partial charge in [0.05, 0.1) is 5.92 Å². The first-order valence-corrected chi connectivity index (χ1v) is 8.75. The second kappa shape index (κ2) is 6.68. The molecule has 7 heteroatoms. The molecule has 1 fully saturated rings. The van der Waals surface area contributed by atoms with Crippen LogP contribution < -0.4 is 10.6 Å². The number of nitrogens with one attached hydrogen (secondary N) is 2. The van der Waals surface area contributed by atoms with Crippen molar-refractivity contribution in [1.29, 1.82) is 0 Å². The van der Waals surface area contributed by atoms with E-state index in [1.54, 1.807) is 0 Å². The summed E-state index contributed by atoms with van der Waals surface area (Å²) < 4.78 is 0. The number of rotatable bonds is 4. The average Bonchev–Trinajstić information content (AvgIpc) is 3.05. The molecular weight excluding hydrogens is 324 g/mol. The van der Waals surface area contributed by atoms with E-state index in [2.05, 4.69) is 46.8 Å². The molecule has 2 heterocycles. The maximum absolute atomic E-state index is 12.3. The van der Waals surface area contributed by atoms with Gasteiger partial charge in [-0.05, 0) is 25.8 Å². The fraction of sp³-hybridized carbons (Fsp3) is 0.412. The molecule has 0 spiro atoms. The van der Waals surface area contributed by atoms with E-state index in [4.69, 9.17) is 0 Å². The lowest BCUT2D eigenvalue weighted by Crippen LogP contribution is -2.40. The molecule has 0 bridgehead atoms. The molecule has 0 radical (unpaired) electrons. The highest BCUT2D eigenvalue weighted by molar-refractivity contribution is 7.15. The van der Waals surface area contributed by atoms with Crippen LogP contribution in [0.15, 0.2) is 30.3 Å². The van der Waals surface area contributed by atoms with Gasteiger partial charge in [0, 0.05) is 18.4 Å². The van der Waals surface area contributed by atoms with E-state index in [1.165, 1.54) is 11.3 Å². The summed E-state index contributed by atoms with van der Waals surface area (Å²) in [5, 5.41) is 15.3. The van der Waals surface area contributed by atoms with Gasteiger partial charge in [-0.3, -0.25) is 9.59 Å². The zero-order valence-electron chi connectivity index (χ0n) is 13.7. The summed E-state index contributed by atoms with van der Waals surface area (Å²) in [5.41, 5.74) is 0.870. The Balaban J connectivity index is 1.69. The Bertz CT molecular complexity index is 732. The Morgan fingerprint density at radius 2 is 2.04 bits per heavy atom. The molecule has 1 atom stereocenters. The van der Waals surface area contributed by atoms with Gasteiger partial charge in [-0.25, -0.2) is 0 Å². The smallest absolute Gasteiger partial charge is 0.231 e. The van der Waals surface area contributed by atoms with Gasteiger partial charge in [-0.1, -0.05) is 41.7 Å². The zero-order chi connectivity index (χ0) is 17.2. The maximum Gasteiger partial charge on any atom is 0.231 e. The molecule has 1 saturated heterocycles. The predicted octanol–water partition coefficient (Wildman–Crippen LogP) is 2.33. The number of carbonyl (C=O) groups excluding carboxylic acids is 2. The minimum Gasteiger partial charge on any atom is -0.355 e. The molecule has 2 N–H and O–H groups in total. The Morgan fingerprint density at radius 1 is 1.29 bits per heavy atom. The number of carbonyl (C=O) groups is 2. The lowest BCUT2D eigenvalue weighted by molar-refractivity contribution is -0.126. The van der Waals surface area contributed by atoms with Crippen molar-refractivity contribution >= 4 is 28.3 Å². The third-order valence-electron chi connectivity index (χ3n) is 4.32. The first-order valence-electron chi connectivity index (χ1n) is 7.94. The lowest BCUT2D eigenvalue weighted by atomic mass is 9.85. The highest BCUT2D eigenvalue weighted by Crippen LogP contribution is 2.34. The van der Waals surface area contributed by atoms with Crippen molar-refractivity contribution < 1.29 is 9.59 Å². The Kier molecular flexibility index (Phi) is 4.62. The molecule has 24 heavy (non-hydrogen) atoms. The van der Waals surface area contributed by atoms with Gasteiger partial charge in [-0.2, -0.15) is 0 Å². The van der Waals surface area contributed by atoms with Crippen LogP contribution in [0.5, 0.6) is 0 Å². The van der Waals surface area contributed by atoms with Crippen LogP contribution in [0, 0.1) is 5.92 Å². The molecular formula is C17H20N4O2S. The summed E-state index contributed by atoms with van der Waals surface area (Å²) in [4.78, 5) is 23.5. The van der Waals surface area contributed by atoms with Gasteiger partial charge < -0.3 is 10.6 Å². The minimum absolute atomic E-state index is 0.00172. The molecule has 1 aromatic heterocycles. The molecule has 2 aromatic rings. The van der Waals surface area contributed by atoms with E-state index in [1.807, 2.05) is 18.2 Å². The second-order valence-corrected chi connectivity index (χ2v) is 7.41. The van der Waals surface area contributed by atoms with Crippen molar-refractivity contribution in [2.75, 3.05) is 11.9 Å². The number of aromatic nitrogens is 2. The number of amides is 2. The Labute approximate surface area is 144 Å². The molecule has 1 aliphatic rings. The third-order valence-corrected chi connectivity index (χ3v) is 5.48. The van der Waals surface area contributed by atoms with Crippen molar-refractivity contribution in [2.24, 2.45) is 5.92 Å². The van der Waals surface area contributed by atoms with Crippen LogP contribution in [-0.2, 0) is 15.0 Å². The van der Waals surface area contributed by atoms with E-state index in [0.29, 0.717) is 24.5 Å². The molecule has 0 unspecified atom stereocenters. The van der Waals surface area contributed by atoms with Gasteiger partial charge in [0.25, 0.3) is 0 Å². The van der Waals surface area contributed by atoms with E-state index < -0.39 is 0 Å². The zero-order valence-corrected chi connectivity index (χ0v) is 14.5. The monoisotopic (exact) mass is 344 g/mol. The van der Waals surface area contributed by atoms with Gasteiger partial charge in [0.15, 0.2) is 0 Å². The summed E-state index contributed by atoms with van der Waals surface area (Å²) in [6.45, 7) is 4.56. The van der Waals surface area contributed by atoms with Crippen LogP contribution in [0.1, 0.15) is 37.3 Å². The van der Waals surface area contributed by atoms with Crippen LogP contribution in [0.2, 0.25) is 0 Å². The summed E-state index contributed by atoms with van der Waals surface area (Å²) in [7, 11) is 0. The number of anilines is 1. The first-order chi connectivity index (χ1) is 11.5. The normalized spacial score (nSPS) is 18.1. The highest BCUT2D eigenvalue weighted by Gasteiger charge is 2.29. The molecule has 6 nitrogen and oxygen atoms in total. The summed E-state index contributed by atoms with van der Waals surface area (Å²) in [6.07, 6.45) is 0.958. The van der Waals surface area contributed by atoms with Gasteiger partial charge in [0.2, 0.25) is 16.9 Å². The minimum atomic E-state index is -0.277. The first kappa shape index (κ1) is 16.6. The van der Waals surface area contributed by atoms with Crippen LogP contribution in [0.25, 0.3) is 0 Å². The van der Waals surface area contributed by atoms with Crippen molar-refractivity contribution in [3.8, 4) is 0 Å². The quantitative estimate of drug-likeness (QED) is 0.891. The molecule has 3 rings (SSSR count). The second-order valence-electron chi connectivity index (χ2n) is 6.43. The average molecular weight is 344 g/mol. The number of piperidine rings is 1. The highest BCUT2D eigenvalue weighted by atomic mass is 32.1. The fourth-order valence-electron chi connectivity index (χ4n) is 2.67. The third kappa shape index (κ3) is 3.46. The number of hydrogen-bond acceptors (Lipinski definition) is 5. The van der Waals surface area contributed by atoms with E-state index in [9.17, 15) is 9.59 Å². The number of nitrogens with zero attached hydrogens (tertiary/aromatic N) is 2. The van der Waals surface area contributed by atoms with Crippen molar-refractivity contribution in [3.63, 3.8) is 0 Å². The summed E-state index contributed by atoms with van der Waals surface area (Å²) in [6, 6.07) is 10.1. The molecule has 0 saturated carbocycles. The summed E-state index contributed by atoms with van der Waals surface area (Å²) in [5.74, 6) is -0.325. The number of benzene rings is 1. The number of hydrogen-bond donors (Lipinski definition) is 2. The van der Waals surface area contributed by atoms with Gasteiger partial charge >= 0.3 is 0 Å². The largest absolute Gasteiger partial charge is 0.355 e. The lowest BCUT2D eigenvalue weighted by Gasteiger charge is -2.22. The molecule has 2 amide bonds. The van der Waals surface area contributed by atoms with Crippen LogP contribution in [-0.4, -0.2) is 28.6 Å². The molecule has 0 aliphatic carbocycles. The van der Waals surface area contributed by atoms with E-state index >= 15 is 0 Å². The van der Waals surface area contributed by atoms with E-state index in [0.717, 1.165) is 10.6 Å². The Hall–Kier alpha value is -2.28. The Morgan fingerprint density at radius 3 is 2.71 bits per heavy atom. The standard InChI is InChI=1S/C17H20N4O2S/c1-17(2,12-6-4-3-5-7-12)15-20-21-16(24-15)19-14(23)11-8-9-13(22)18-10-11/h3-7,11H,8-10H2,1-2H3,(H,18,22)(H,19,21,23)/t11-/m0/s1. The van der Waals surface area contributed by atoms with Crippen molar-refractivity contribution in [1.82, 2.24) is 15.5 Å². The molecule has 1 aliphatic heterocycles. The topological polar surface area (TPSA) is 84.0 Å². The SMILES string of the molecule is CC(C)(c1ccccc1)c1nnc(NC(=O)[C@H]2CCC(=O)NC2)s1. The van der Waals surface area contributed by atoms with E-state index in [-0.39, 0.29) is 23.1 Å². The molecule has 126 valence electrons. The fourth-order valence-corrected chi connectivity index (χ4v) is 3.54. The summed E-state index contributed by atoms with van der Waals surface area (Å²) >= 11 is 1.39. The van der Waals surface area contributed by atoms with Crippen LogP contribution in [0.4, 0.5) is 5.13 Å². The van der Waals surface area contributed by atoms with Crippen LogP contribution in [0.3, 0.4) is 0 Å². The predicted molar refractivity (Wildman–Crippen MR) is 92.8 cm³/mol. The van der Waals surface area contributed by atoms with Gasteiger partial charge in [-0.15, -0.1) is 10.2 Å². The van der Waals surface area contributed by atoms with Crippen molar-refractivity contribution in [3.05, 3.63) is 40.9 Å². The van der Waals surface area contributed by atoms with Crippen molar-refractivity contribution in [2.45, 2.75) is 32.1 Å². The van der Waals surface area contributed by atoms with Gasteiger partial charge in [0.1, 0.15) is 5.01 Å². The molecule has 1 aromatic carbocycles.